The molecule has 0 fully saturated rings. The van der Waals surface area contributed by atoms with Gasteiger partial charge in [0.15, 0.2) is 0 Å². The Bertz CT molecular complexity index is 2930. The molecule has 1 aliphatic carbocycles. The minimum Gasteiger partial charge on any atom is -0.310 e. The van der Waals surface area contributed by atoms with Gasteiger partial charge in [-0.2, -0.15) is 0 Å². The molecule has 8 aromatic carbocycles. The van der Waals surface area contributed by atoms with E-state index in [9.17, 15) is 0 Å². The van der Waals surface area contributed by atoms with Crippen LogP contribution in [0.2, 0.25) is 0 Å². The molecule has 0 amide bonds. The van der Waals surface area contributed by atoms with Crippen LogP contribution < -0.4 is 4.90 Å². The molecule has 10 rings (SSSR count). The van der Waals surface area contributed by atoms with Crippen LogP contribution in [0.3, 0.4) is 0 Å². The highest BCUT2D eigenvalue weighted by Gasteiger charge is 2.38. The van der Waals surface area contributed by atoms with Gasteiger partial charge in [-0.05, 0) is 135 Å². The number of benzene rings is 8. The number of nitrogens with zero attached hydrogens (tertiary/aromatic N) is 2. The maximum Gasteiger partial charge on any atom is 0.0541 e. The van der Waals surface area contributed by atoms with E-state index in [1.165, 1.54) is 84.8 Å². The molecule has 1 aliphatic rings. The summed E-state index contributed by atoms with van der Waals surface area (Å²) in [5, 5.41) is 2.51. The zero-order chi connectivity index (χ0) is 39.4. The first kappa shape index (κ1) is 35.8. The Morgan fingerprint density at radius 1 is 0.397 bits per heavy atom. The third kappa shape index (κ3) is 6.21. The Labute approximate surface area is 342 Å². The molecule has 2 nitrogen and oxygen atoms in total. The van der Waals surface area contributed by atoms with E-state index < -0.39 is 0 Å². The molecular formula is C56H48N2. The van der Waals surface area contributed by atoms with Gasteiger partial charge < -0.3 is 9.47 Å². The SMILES string of the molecule is CC1(C)CCC(C)(C)c2c(-c3cccc(-n4c5ccccc5c5cc(-c6cccc(N(c7ccccc7)c7ccc(-c8ccccc8)cc7)c6)ccc54)c3)cccc21. The molecule has 2 heteroatoms. The van der Waals surface area contributed by atoms with E-state index in [-0.39, 0.29) is 10.8 Å². The van der Waals surface area contributed by atoms with Crippen LogP contribution in [0.5, 0.6) is 0 Å². The van der Waals surface area contributed by atoms with Crippen molar-refractivity contribution in [2.75, 3.05) is 4.90 Å². The monoisotopic (exact) mass is 748 g/mol. The lowest BCUT2D eigenvalue weighted by atomic mass is 9.61. The lowest BCUT2D eigenvalue weighted by Gasteiger charge is -2.43. The molecular weight excluding hydrogens is 701 g/mol. The van der Waals surface area contributed by atoms with Crippen LogP contribution in [0.4, 0.5) is 17.1 Å². The third-order valence-corrected chi connectivity index (χ3v) is 12.6. The number of hydrogen-bond donors (Lipinski definition) is 0. The van der Waals surface area contributed by atoms with Crippen molar-refractivity contribution < 1.29 is 0 Å². The lowest BCUT2D eigenvalue weighted by molar-refractivity contribution is 0.333. The zero-order valence-corrected chi connectivity index (χ0v) is 33.8. The smallest absolute Gasteiger partial charge is 0.0541 e. The largest absolute Gasteiger partial charge is 0.310 e. The number of para-hydroxylation sites is 2. The van der Waals surface area contributed by atoms with Gasteiger partial charge in [-0.15, -0.1) is 0 Å². The van der Waals surface area contributed by atoms with Crippen LogP contribution >= 0.6 is 0 Å². The van der Waals surface area contributed by atoms with Gasteiger partial charge in [0.05, 0.1) is 11.0 Å². The van der Waals surface area contributed by atoms with Crippen LogP contribution in [0.25, 0.3) is 60.9 Å². The molecule has 0 aliphatic heterocycles. The molecule has 0 unspecified atom stereocenters. The van der Waals surface area contributed by atoms with Crippen molar-refractivity contribution in [1.82, 2.24) is 4.57 Å². The Hall–Kier alpha value is -6.64. The van der Waals surface area contributed by atoms with E-state index >= 15 is 0 Å². The molecule has 58 heavy (non-hydrogen) atoms. The molecule has 0 saturated carbocycles. The van der Waals surface area contributed by atoms with E-state index in [1.54, 1.807) is 0 Å². The fourth-order valence-electron chi connectivity index (χ4n) is 9.50. The zero-order valence-electron chi connectivity index (χ0n) is 33.8. The highest BCUT2D eigenvalue weighted by molar-refractivity contribution is 6.10. The Morgan fingerprint density at radius 3 is 1.78 bits per heavy atom. The highest BCUT2D eigenvalue weighted by atomic mass is 15.1. The molecule has 0 bridgehead atoms. The molecule has 0 radical (unpaired) electrons. The summed E-state index contributed by atoms with van der Waals surface area (Å²) in [7, 11) is 0. The third-order valence-electron chi connectivity index (χ3n) is 12.6. The number of hydrogen-bond acceptors (Lipinski definition) is 1. The molecule has 1 aromatic heterocycles. The van der Waals surface area contributed by atoms with Gasteiger partial charge in [0.2, 0.25) is 0 Å². The van der Waals surface area contributed by atoms with E-state index in [0.29, 0.717) is 0 Å². The average molecular weight is 749 g/mol. The summed E-state index contributed by atoms with van der Waals surface area (Å²) in [6.07, 6.45) is 2.40. The summed E-state index contributed by atoms with van der Waals surface area (Å²) >= 11 is 0. The van der Waals surface area contributed by atoms with E-state index in [1.807, 2.05) is 0 Å². The molecule has 0 spiro atoms. The molecule has 0 N–H and O–H groups in total. The summed E-state index contributed by atoms with van der Waals surface area (Å²) in [4.78, 5) is 2.35. The predicted molar refractivity (Wildman–Crippen MR) is 247 cm³/mol. The molecule has 0 atom stereocenters. The van der Waals surface area contributed by atoms with Crippen molar-refractivity contribution in [2.24, 2.45) is 0 Å². The van der Waals surface area contributed by atoms with Crippen molar-refractivity contribution in [1.29, 1.82) is 0 Å². The first-order valence-electron chi connectivity index (χ1n) is 20.6. The summed E-state index contributed by atoms with van der Waals surface area (Å²) in [5.41, 5.74) is 17.7. The van der Waals surface area contributed by atoms with Gasteiger partial charge in [0.1, 0.15) is 0 Å². The second kappa shape index (κ2) is 14.1. The Kier molecular flexibility index (Phi) is 8.68. The van der Waals surface area contributed by atoms with E-state index in [0.717, 1.165) is 17.1 Å². The molecule has 282 valence electrons. The van der Waals surface area contributed by atoms with Gasteiger partial charge in [0, 0.05) is 33.5 Å². The standard InChI is InChI=1S/C56H48N2/c1-55(2)34-35-56(3,4)54-48(25-15-26-51(54)55)43-19-14-23-47(37-43)58-52-27-12-11-24-49(52)50-38-42(30-33-53(50)58)41-18-13-22-46(36-41)57(44-20-9-6-10-21-44)45-31-28-40(29-32-45)39-16-7-5-8-17-39/h5-33,36-38H,34-35H2,1-4H3. The van der Waals surface area contributed by atoms with E-state index in [4.69, 9.17) is 0 Å². The quantitative estimate of drug-likeness (QED) is 0.158. The van der Waals surface area contributed by atoms with Gasteiger partial charge in [-0.3, -0.25) is 0 Å². The summed E-state index contributed by atoms with van der Waals surface area (Å²) in [6.45, 7) is 9.68. The van der Waals surface area contributed by atoms with Crippen LogP contribution in [0, 0.1) is 0 Å². The summed E-state index contributed by atoms with van der Waals surface area (Å²) in [5.74, 6) is 0. The average Bonchev–Trinajstić information content (AvgIpc) is 3.60. The van der Waals surface area contributed by atoms with Gasteiger partial charge in [-0.1, -0.05) is 155 Å². The topological polar surface area (TPSA) is 8.17 Å². The Morgan fingerprint density at radius 2 is 0.966 bits per heavy atom. The van der Waals surface area contributed by atoms with Gasteiger partial charge in [-0.25, -0.2) is 0 Å². The fourth-order valence-corrected chi connectivity index (χ4v) is 9.50. The van der Waals surface area contributed by atoms with Crippen molar-refractivity contribution in [3.63, 3.8) is 0 Å². The van der Waals surface area contributed by atoms with Gasteiger partial charge >= 0.3 is 0 Å². The van der Waals surface area contributed by atoms with Crippen molar-refractivity contribution in [2.45, 2.75) is 51.4 Å². The Balaban J connectivity index is 1.06. The van der Waals surface area contributed by atoms with E-state index in [2.05, 4.69) is 231 Å². The van der Waals surface area contributed by atoms with Crippen LogP contribution in [-0.2, 0) is 10.8 Å². The minimum atomic E-state index is 0.114. The number of fused-ring (bicyclic) bond motifs is 4. The van der Waals surface area contributed by atoms with Crippen LogP contribution in [0.15, 0.2) is 194 Å². The number of rotatable bonds is 7. The molecule has 1 heterocycles. The first-order chi connectivity index (χ1) is 28.2. The lowest BCUT2D eigenvalue weighted by Crippen LogP contribution is -2.34. The highest BCUT2D eigenvalue weighted by Crippen LogP contribution is 2.49. The number of anilines is 3. The van der Waals surface area contributed by atoms with Crippen molar-refractivity contribution in [3.8, 4) is 39.1 Å². The first-order valence-corrected chi connectivity index (χ1v) is 20.6. The van der Waals surface area contributed by atoms with Crippen LogP contribution in [-0.4, -0.2) is 4.57 Å². The van der Waals surface area contributed by atoms with Crippen LogP contribution in [0.1, 0.15) is 51.7 Å². The number of aromatic nitrogens is 1. The fraction of sp³-hybridized carbons (Fsp3) is 0.143. The molecule has 0 saturated heterocycles. The summed E-state index contributed by atoms with van der Waals surface area (Å²) < 4.78 is 2.45. The predicted octanol–water partition coefficient (Wildman–Crippen LogP) is 15.6. The maximum absolute atomic E-state index is 2.45. The van der Waals surface area contributed by atoms with Crippen molar-refractivity contribution in [3.05, 3.63) is 205 Å². The maximum atomic E-state index is 2.45. The second-order valence-electron chi connectivity index (χ2n) is 17.3. The van der Waals surface area contributed by atoms with Gasteiger partial charge in [0.25, 0.3) is 0 Å². The van der Waals surface area contributed by atoms with Crippen molar-refractivity contribution >= 4 is 38.9 Å². The normalized spacial score (nSPS) is 14.3. The minimum absolute atomic E-state index is 0.114. The molecule has 9 aromatic rings. The second-order valence-corrected chi connectivity index (χ2v) is 17.3. The summed E-state index contributed by atoms with van der Waals surface area (Å²) in [6, 6.07) is 71.1.